The molecule has 2 aliphatic rings. The van der Waals surface area contributed by atoms with Crippen LogP contribution in [-0.2, 0) is 0 Å². The number of hydrogen-bond acceptors (Lipinski definition) is 4. The van der Waals surface area contributed by atoms with Crippen LogP contribution in [0.1, 0.15) is 33.6 Å². The van der Waals surface area contributed by atoms with Gasteiger partial charge in [-0.05, 0) is 55.2 Å². The van der Waals surface area contributed by atoms with E-state index in [-0.39, 0.29) is 29.6 Å². The minimum absolute atomic E-state index is 0.00877. The molecule has 0 saturated carbocycles. The number of amides is 2. The van der Waals surface area contributed by atoms with Gasteiger partial charge in [0.1, 0.15) is 22.8 Å². The number of benzene rings is 1. The normalized spacial score (nSPS) is 20.4. The van der Waals surface area contributed by atoms with Gasteiger partial charge in [0.15, 0.2) is 0 Å². The third kappa shape index (κ3) is 3.43. The molecule has 0 bridgehead atoms. The standard InChI is InChI=1S/C23H20F2N4O3/c24-15-5-6-18(25)16(10-15)22(31)28-11-14-4-2-8-29(19(14)12-28)23(32)17-9-13-3-1-7-26-20(13)27-21(17)30/h1,3,5-7,9-10,14,19H,2,4,8,11-12H2,(H,26,27,30)/t14-,19+/m1/s1. The number of H-pyrrole nitrogens is 1. The van der Waals surface area contributed by atoms with Crippen molar-refractivity contribution < 1.29 is 18.4 Å². The third-order valence-electron chi connectivity index (χ3n) is 6.33. The highest BCUT2D eigenvalue weighted by Crippen LogP contribution is 2.32. The van der Waals surface area contributed by atoms with Crippen LogP contribution in [0.15, 0.2) is 47.4 Å². The van der Waals surface area contributed by atoms with Crippen molar-refractivity contribution in [2.75, 3.05) is 19.6 Å². The van der Waals surface area contributed by atoms with E-state index in [0.29, 0.717) is 24.1 Å². The number of pyridine rings is 2. The molecule has 1 N–H and O–H groups in total. The first-order valence-corrected chi connectivity index (χ1v) is 10.5. The van der Waals surface area contributed by atoms with E-state index in [9.17, 15) is 23.2 Å². The summed E-state index contributed by atoms with van der Waals surface area (Å²) in [5, 5.41) is 0.647. The van der Waals surface area contributed by atoms with Crippen LogP contribution in [0.4, 0.5) is 8.78 Å². The van der Waals surface area contributed by atoms with Gasteiger partial charge in [-0.2, -0.15) is 0 Å². The second-order valence-electron chi connectivity index (χ2n) is 8.26. The quantitative estimate of drug-likeness (QED) is 0.667. The van der Waals surface area contributed by atoms with Gasteiger partial charge in [-0.15, -0.1) is 0 Å². The van der Waals surface area contributed by atoms with Crippen LogP contribution >= 0.6 is 0 Å². The fourth-order valence-electron chi connectivity index (χ4n) is 4.78. The average molecular weight is 438 g/mol. The molecule has 3 aromatic rings. The molecule has 0 aliphatic carbocycles. The summed E-state index contributed by atoms with van der Waals surface area (Å²) in [6, 6.07) is 7.52. The SMILES string of the molecule is O=C(c1cc(F)ccc1F)N1C[C@H]2CCCN(C(=O)c3cc4cccnc4[nH]c3=O)[C@H]2C1. The van der Waals surface area contributed by atoms with E-state index >= 15 is 0 Å². The summed E-state index contributed by atoms with van der Waals surface area (Å²) in [7, 11) is 0. The number of nitrogens with zero attached hydrogens (tertiary/aromatic N) is 3. The first-order chi connectivity index (χ1) is 15.4. The predicted molar refractivity (Wildman–Crippen MR) is 112 cm³/mol. The molecule has 0 spiro atoms. The van der Waals surface area contributed by atoms with Gasteiger partial charge < -0.3 is 14.8 Å². The predicted octanol–water partition coefficient (Wildman–Crippen LogP) is 2.58. The number of hydrogen-bond donors (Lipinski definition) is 1. The van der Waals surface area contributed by atoms with E-state index in [0.717, 1.165) is 31.0 Å². The van der Waals surface area contributed by atoms with Gasteiger partial charge in [-0.25, -0.2) is 13.8 Å². The molecule has 164 valence electrons. The molecular formula is C23H20F2N4O3. The van der Waals surface area contributed by atoms with Gasteiger partial charge in [-0.1, -0.05) is 0 Å². The highest BCUT2D eigenvalue weighted by molar-refractivity contribution is 5.97. The maximum Gasteiger partial charge on any atom is 0.262 e. The molecule has 7 nitrogen and oxygen atoms in total. The number of likely N-dealkylation sites (tertiary alicyclic amines) is 2. The van der Waals surface area contributed by atoms with Crippen LogP contribution in [0, 0.1) is 17.6 Å². The minimum Gasteiger partial charge on any atom is -0.336 e. The molecule has 1 aromatic carbocycles. The molecule has 9 heteroatoms. The smallest absolute Gasteiger partial charge is 0.262 e. The second-order valence-corrected chi connectivity index (χ2v) is 8.26. The molecule has 2 amide bonds. The van der Waals surface area contributed by atoms with Crippen molar-refractivity contribution in [1.29, 1.82) is 0 Å². The van der Waals surface area contributed by atoms with Gasteiger partial charge in [0, 0.05) is 31.2 Å². The zero-order chi connectivity index (χ0) is 22.4. The minimum atomic E-state index is -0.782. The Balaban J connectivity index is 1.42. The molecule has 0 unspecified atom stereocenters. The van der Waals surface area contributed by atoms with Gasteiger partial charge in [0.2, 0.25) is 0 Å². The lowest BCUT2D eigenvalue weighted by molar-refractivity contribution is 0.0562. The lowest BCUT2D eigenvalue weighted by Gasteiger charge is -2.36. The summed E-state index contributed by atoms with van der Waals surface area (Å²) in [6.07, 6.45) is 3.10. The van der Waals surface area contributed by atoms with Crippen LogP contribution in [0.25, 0.3) is 11.0 Å². The Morgan fingerprint density at radius 2 is 1.91 bits per heavy atom. The third-order valence-corrected chi connectivity index (χ3v) is 6.33. The van der Waals surface area contributed by atoms with Crippen molar-refractivity contribution in [1.82, 2.24) is 19.8 Å². The Morgan fingerprint density at radius 3 is 2.75 bits per heavy atom. The van der Waals surface area contributed by atoms with Gasteiger partial charge in [0.25, 0.3) is 17.4 Å². The number of fused-ring (bicyclic) bond motifs is 2. The first-order valence-electron chi connectivity index (χ1n) is 10.5. The molecule has 32 heavy (non-hydrogen) atoms. The van der Waals surface area contributed by atoms with Crippen molar-refractivity contribution >= 4 is 22.8 Å². The Morgan fingerprint density at radius 1 is 1.06 bits per heavy atom. The Kier molecular flexibility index (Phi) is 4.96. The fraction of sp³-hybridized carbons (Fsp3) is 0.304. The zero-order valence-electron chi connectivity index (χ0n) is 17.1. The van der Waals surface area contributed by atoms with E-state index in [1.165, 1.54) is 11.0 Å². The van der Waals surface area contributed by atoms with Crippen molar-refractivity contribution in [2.24, 2.45) is 5.92 Å². The van der Waals surface area contributed by atoms with E-state index < -0.39 is 29.0 Å². The number of carbonyl (C=O) groups is 2. The molecule has 0 radical (unpaired) electrons. The molecule has 2 aliphatic heterocycles. The Labute approximate surface area is 181 Å². The highest BCUT2D eigenvalue weighted by atomic mass is 19.1. The van der Waals surface area contributed by atoms with Crippen LogP contribution in [0.5, 0.6) is 0 Å². The summed E-state index contributed by atoms with van der Waals surface area (Å²) in [6.45, 7) is 1.01. The number of nitrogens with one attached hydrogen (secondary N) is 1. The van der Waals surface area contributed by atoms with Crippen molar-refractivity contribution in [3.63, 3.8) is 0 Å². The summed E-state index contributed by atoms with van der Waals surface area (Å²) >= 11 is 0. The van der Waals surface area contributed by atoms with Crippen LogP contribution in [0.3, 0.4) is 0 Å². The molecule has 2 atom stereocenters. The Bertz CT molecular complexity index is 1290. The number of piperidine rings is 1. The zero-order valence-corrected chi connectivity index (χ0v) is 17.1. The van der Waals surface area contributed by atoms with Gasteiger partial charge in [0.05, 0.1) is 11.6 Å². The topological polar surface area (TPSA) is 86.4 Å². The summed E-state index contributed by atoms with van der Waals surface area (Å²) in [5.41, 5.74) is -0.413. The summed E-state index contributed by atoms with van der Waals surface area (Å²) < 4.78 is 27.7. The first kappa shape index (κ1) is 20.3. The monoisotopic (exact) mass is 438 g/mol. The number of aromatic amines is 1. The van der Waals surface area contributed by atoms with Crippen molar-refractivity contribution in [2.45, 2.75) is 18.9 Å². The fourth-order valence-corrected chi connectivity index (χ4v) is 4.78. The highest BCUT2D eigenvalue weighted by Gasteiger charge is 2.43. The molecular weight excluding hydrogens is 418 g/mol. The van der Waals surface area contributed by atoms with E-state index in [1.54, 1.807) is 23.2 Å². The summed E-state index contributed by atoms with van der Waals surface area (Å²) in [5.74, 6) is -2.46. The van der Waals surface area contributed by atoms with E-state index in [4.69, 9.17) is 0 Å². The molecule has 2 fully saturated rings. The van der Waals surface area contributed by atoms with Crippen LogP contribution < -0.4 is 5.56 Å². The van der Waals surface area contributed by atoms with E-state index in [1.807, 2.05) is 0 Å². The molecule has 2 saturated heterocycles. The summed E-state index contributed by atoms with van der Waals surface area (Å²) in [4.78, 5) is 48.6. The molecule has 4 heterocycles. The number of rotatable bonds is 2. The van der Waals surface area contributed by atoms with Gasteiger partial charge in [-0.3, -0.25) is 14.4 Å². The number of carbonyl (C=O) groups excluding carboxylic acids is 2. The average Bonchev–Trinajstić information content (AvgIpc) is 3.24. The maximum absolute atomic E-state index is 14.1. The lowest BCUT2D eigenvalue weighted by Crippen LogP contribution is -2.49. The van der Waals surface area contributed by atoms with E-state index in [2.05, 4.69) is 9.97 Å². The van der Waals surface area contributed by atoms with Gasteiger partial charge >= 0.3 is 0 Å². The molecule has 5 rings (SSSR count). The maximum atomic E-state index is 14.1. The second kappa shape index (κ2) is 7.81. The Hall–Kier alpha value is -3.62. The van der Waals surface area contributed by atoms with Crippen molar-refractivity contribution in [3.05, 3.63) is 75.7 Å². The van der Waals surface area contributed by atoms with Crippen LogP contribution in [0.2, 0.25) is 0 Å². The largest absolute Gasteiger partial charge is 0.336 e. The number of halogens is 2. The number of aromatic nitrogens is 2. The van der Waals surface area contributed by atoms with Crippen LogP contribution in [-0.4, -0.2) is 57.3 Å². The van der Waals surface area contributed by atoms with Crippen molar-refractivity contribution in [3.8, 4) is 0 Å². The lowest BCUT2D eigenvalue weighted by atomic mass is 9.91. The molecule has 2 aromatic heterocycles.